The number of rotatable bonds is 4. The van der Waals surface area contributed by atoms with E-state index in [9.17, 15) is 0 Å². The van der Waals surface area contributed by atoms with E-state index in [1.807, 2.05) is 6.08 Å². The van der Waals surface area contributed by atoms with E-state index in [1.165, 1.54) is 22.3 Å². The van der Waals surface area contributed by atoms with Gasteiger partial charge in [0.1, 0.15) is 0 Å². The van der Waals surface area contributed by atoms with Gasteiger partial charge in [0.05, 0.1) is 0 Å². The van der Waals surface area contributed by atoms with Crippen molar-refractivity contribution in [3.8, 4) is 0 Å². The minimum Gasteiger partial charge on any atom is -0.313 e. The van der Waals surface area contributed by atoms with Crippen molar-refractivity contribution in [3.05, 3.63) is 41.0 Å². The van der Waals surface area contributed by atoms with Gasteiger partial charge in [-0.15, -0.1) is 0 Å². The highest BCUT2D eigenvalue weighted by atomic mass is 14.8. The van der Waals surface area contributed by atoms with E-state index >= 15 is 0 Å². The van der Waals surface area contributed by atoms with Crippen LogP contribution in [-0.2, 0) is 6.54 Å². The van der Waals surface area contributed by atoms with Crippen molar-refractivity contribution in [2.24, 2.45) is 0 Å². The summed E-state index contributed by atoms with van der Waals surface area (Å²) in [5, 5.41) is 3.36. The van der Waals surface area contributed by atoms with E-state index in [1.54, 1.807) is 0 Å². The molecule has 0 amide bonds. The molecule has 1 aromatic rings. The van der Waals surface area contributed by atoms with Crippen LogP contribution in [0.2, 0.25) is 0 Å². The Balaban J connectivity index is 3.05. The second kappa shape index (κ2) is 4.97. The van der Waals surface area contributed by atoms with Crippen molar-refractivity contribution in [2.75, 3.05) is 6.54 Å². The molecule has 0 spiro atoms. The second-order valence-electron chi connectivity index (χ2n) is 3.56. The summed E-state index contributed by atoms with van der Waals surface area (Å²) in [6.45, 7) is 12.2. The summed E-state index contributed by atoms with van der Waals surface area (Å²) in [7, 11) is 0. The summed E-state index contributed by atoms with van der Waals surface area (Å²) in [6.07, 6.45) is 1.92. The van der Waals surface area contributed by atoms with Crippen molar-refractivity contribution in [3.63, 3.8) is 0 Å². The highest BCUT2D eigenvalue weighted by Gasteiger charge is 2.04. The van der Waals surface area contributed by atoms with E-state index in [0.29, 0.717) is 0 Å². The molecule has 1 aromatic carbocycles. The molecule has 0 radical (unpaired) electrons. The average molecular weight is 189 g/mol. The van der Waals surface area contributed by atoms with E-state index in [2.05, 4.69) is 44.8 Å². The topological polar surface area (TPSA) is 12.0 Å². The van der Waals surface area contributed by atoms with Gasteiger partial charge in [0.2, 0.25) is 0 Å². The Bertz CT molecular complexity index is 326. The predicted octanol–water partition coefficient (Wildman–Crippen LogP) is 3.06. The summed E-state index contributed by atoms with van der Waals surface area (Å²) >= 11 is 0. The Hall–Kier alpha value is -1.08. The minimum absolute atomic E-state index is 0.954. The average Bonchev–Trinajstić information content (AvgIpc) is 2.18. The molecule has 14 heavy (non-hydrogen) atoms. The number of benzene rings is 1. The van der Waals surface area contributed by atoms with Crippen LogP contribution >= 0.6 is 0 Å². The van der Waals surface area contributed by atoms with Crippen molar-refractivity contribution in [1.29, 1.82) is 0 Å². The van der Waals surface area contributed by atoms with Crippen molar-refractivity contribution in [2.45, 2.75) is 27.3 Å². The lowest BCUT2D eigenvalue weighted by atomic mass is 9.97. The molecule has 1 N–H and O–H groups in total. The molecule has 0 aliphatic heterocycles. The van der Waals surface area contributed by atoms with E-state index < -0.39 is 0 Å². The van der Waals surface area contributed by atoms with Crippen LogP contribution in [0.5, 0.6) is 0 Å². The van der Waals surface area contributed by atoms with Crippen LogP contribution in [0.1, 0.15) is 29.2 Å². The molecule has 0 heterocycles. The van der Waals surface area contributed by atoms with E-state index in [0.717, 1.165) is 13.1 Å². The van der Waals surface area contributed by atoms with Gasteiger partial charge < -0.3 is 5.32 Å². The lowest BCUT2D eigenvalue weighted by molar-refractivity contribution is 0.720. The van der Waals surface area contributed by atoms with Crippen LogP contribution in [0, 0.1) is 13.8 Å². The maximum atomic E-state index is 3.82. The molecule has 1 heteroatoms. The molecule has 76 valence electrons. The van der Waals surface area contributed by atoms with Crippen LogP contribution < -0.4 is 5.32 Å². The molecule has 0 saturated carbocycles. The molecule has 0 aliphatic rings. The van der Waals surface area contributed by atoms with Crippen LogP contribution in [0.3, 0.4) is 0 Å². The van der Waals surface area contributed by atoms with Gasteiger partial charge in [-0.25, -0.2) is 0 Å². The molecule has 1 rings (SSSR count). The van der Waals surface area contributed by atoms with Gasteiger partial charge in [0, 0.05) is 6.54 Å². The van der Waals surface area contributed by atoms with E-state index in [-0.39, 0.29) is 0 Å². The van der Waals surface area contributed by atoms with Gasteiger partial charge in [-0.1, -0.05) is 31.7 Å². The van der Waals surface area contributed by atoms with E-state index in [4.69, 9.17) is 0 Å². The SMILES string of the molecule is C=Cc1ccc(C)c(CNCC)c1C. The number of hydrogen-bond donors (Lipinski definition) is 1. The molecular formula is C13H19N. The number of nitrogens with one attached hydrogen (secondary N) is 1. The van der Waals surface area contributed by atoms with Gasteiger partial charge >= 0.3 is 0 Å². The molecule has 0 aliphatic carbocycles. The lowest BCUT2D eigenvalue weighted by Crippen LogP contribution is -2.14. The molecule has 0 aromatic heterocycles. The quantitative estimate of drug-likeness (QED) is 0.767. The zero-order chi connectivity index (χ0) is 10.6. The third-order valence-corrected chi connectivity index (χ3v) is 2.65. The largest absolute Gasteiger partial charge is 0.313 e. The summed E-state index contributed by atoms with van der Waals surface area (Å²) in [6, 6.07) is 4.30. The first-order valence-corrected chi connectivity index (χ1v) is 5.13. The van der Waals surface area contributed by atoms with Gasteiger partial charge in [-0.2, -0.15) is 0 Å². The Labute approximate surface area is 86.8 Å². The fourth-order valence-electron chi connectivity index (χ4n) is 1.65. The first kappa shape index (κ1) is 11.0. The Morgan fingerprint density at radius 2 is 2.07 bits per heavy atom. The van der Waals surface area contributed by atoms with Crippen LogP contribution in [-0.4, -0.2) is 6.54 Å². The normalized spacial score (nSPS) is 10.2. The van der Waals surface area contributed by atoms with Gasteiger partial charge in [-0.3, -0.25) is 0 Å². The summed E-state index contributed by atoms with van der Waals surface area (Å²) < 4.78 is 0. The standard InChI is InChI=1S/C13H19N/c1-5-12-8-7-10(3)13(11(12)4)9-14-6-2/h5,7-8,14H,1,6,9H2,2-4H3. The Morgan fingerprint density at radius 3 is 2.64 bits per heavy atom. The Morgan fingerprint density at radius 1 is 1.36 bits per heavy atom. The molecule has 0 atom stereocenters. The zero-order valence-electron chi connectivity index (χ0n) is 9.35. The number of hydrogen-bond acceptors (Lipinski definition) is 1. The van der Waals surface area contributed by atoms with Crippen molar-refractivity contribution in [1.82, 2.24) is 5.32 Å². The molecular weight excluding hydrogens is 170 g/mol. The summed E-state index contributed by atoms with van der Waals surface area (Å²) in [5.74, 6) is 0. The molecule has 1 nitrogen and oxygen atoms in total. The summed E-state index contributed by atoms with van der Waals surface area (Å²) in [5.41, 5.74) is 5.35. The highest BCUT2D eigenvalue weighted by molar-refractivity contribution is 5.55. The highest BCUT2D eigenvalue weighted by Crippen LogP contribution is 2.18. The molecule has 0 saturated heterocycles. The van der Waals surface area contributed by atoms with Gasteiger partial charge in [-0.05, 0) is 42.6 Å². The zero-order valence-corrected chi connectivity index (χ0v) is 9.35. The lowest BCUT2D eigenvalue weighted by Gasteiger charge is -2.12. The van der Waals surface area contributed by atoms with Crippen molar-refractivity contribution < 1.29 is 0 Å². The minimum atomic E-state index is 0.954. The first-order valence-electron chi connectivity index (χ1n) is 5.13. The van der Waals surface area contributed by atoms with Crippen LogP contribution in [0.15, 0.2) is 18.7 Å². The molecule has 0 unspecified atom stereocenters. The van der Waals surface area contributed by atoms with Crippen molar-refractivity contribution >= 4 is 6.08 Å². The van der Waals surface area contributed by atoms with Crippen LogP contribution in [0.25, 0.3) is 6.08 Å². The predicted molar refractivity (Wildman–Crippen MR) is 63.4 cm³/mol. The fraction of sp³-hybridized carbons (Fsp3) is 0.385. The maximum absolute atomic E-state index is 3.82. The third kappa shape index (κ3) is 2.24. The summed E-state index contributed by atoms with van der Waals surface area (Å²) in [4.78, 5) is 0. The number of aryl methyl sites for hydroxylation is 1. The monoisotopic (exact) mass is 189 g/mol. The first-order chi connectivity index (χ1) is 6.70. The van der Waals surface area contributed by atoms with Gasteiger partial charge in [0.15, 0.2) is 0 Å². The smallest absolute Gasteiger partial charge is 0.0210 e. The van der Waals surface area contributed by atoms with Crippen LogP contribution in [0.4, 0.5) is 0 Å². The molecule has 0 fully saturated rings. The third-order valence-electron chi connectivity index (χ3n) is 2.65. The fourth-order valence-corrected chi connectivity index (χ4v) is 1.65. The Kier molecular flexibility index (Phi) is 3.90. The molecule has 0 bridgehead atoms. The van der Waals surface area contributed by atoms with Gasteiger partial charge in [0.25, 0.3) is 0 Å². The second-order valence-corrected chi connectivity index (χ2v) is 3.56. The maximum Gasteiger partial charge on any atom is 0.0210 e.